The summed E-state index contributed by atoms with van der Waals surface area (Å²) >= 11 is 0. The van der Waals surface area contributed by atoms with Crippen molar-refractivity contribution in [2.45, 2.75) is 69.6 Å². The van der Waals surface area contributed by atoms with Gasteiger partial charge in [-0.05, 0) is 31.1 Å². The predicted octanol–water partition coefficient (Wildman–Crippen LogP) is 1.20. The third-order valence-electron chi connectivity index (χ3n) is 5.25. The lowest BCUT2D eigenvalue weighted by atomic mass is 9.77. The molecular weight excluding hydrogens is 242 g/mol. The number of nitrogens with one attached hydrogen (secondary N) is 1. The molecule has 0 heterocycles. The third kappa shape index (κ3) is 2.79. The molecule has 3 aliphatic rings. The maximum absolute atomic E-state index is 11.9. The molecule has 0 spiro atoms. The Morgan fingerprint density at radius 2 is 1.68 bits per heavy atom. The Balaban J connectivity index is 1.67. The van der Waals surface area contributed by atoms with Gasteiger partial charge < -0.3 is 15.5 Å². The molecule has 4 nitrogen and oxygen atoms in total. The third-order valence-corrected chi connectivity index (χ3v) is 5.25. The highest BCUT2D eigenvalue weighted by molar-refractivity contribution is 5.81. The van der Waals surface area contributed by atoms with Gasteiger partial charge in [0.25, 0.3) is 0 Å². The van der Waals surface area contributed by atoms with Gasteiger partial charge in [0.1, 0.15) is 6.10 Å². The molecule has 0 aromatic heterocycles. The van der Waals surface area contributed by atoms with E-state index in [0.29, 0.717) is 12.3 Å². The average molecular weight is 267 g/mol. The van der Waals surface area contributed by atoms with Crippen LogP contribution in [0.5, 0.6) is 0 Å². The van der Waals surface area contributed by atoms with Crippen molar-refractivity contribution in [1.29, 1.82) is 0 Å². The summed E-state index contributed by atoms with van der Waals surface area (Å²) in [5, 5.41) is 23.1. The summed E-state index contributed by atoms with van der Waals surface area (Å²) in [7, 11) is 0. The molecule has 3 rings (SSSR count). The van der Waals surface area contributed by atoms with Crippen molar-refractivity contribution in [3.8, 4) is 0 Å². The summed E-state index contributed by atoms with van der Waals surface area (Å²) in [5.41, 5.74) is 0. The molecule has 3 fully saturated rings. The fraction of sp³-hybridized carbons (Fsp3) is 0.933. The molecule has 0 radical (unpaired) electrons. The number of carbonyl (C=O) groups is 1. The van der Waals surface area contributed by atoms with E-state index >= 15 is 0 Å². The first-order chi connectivity index (χ1) is 9.16. The van der Waals surface area contributed by atoms with Crippen molar-refractivity contribution in [2.24, 2.45) is 17.8 Å². The van der Waals surface area contributed by atoms with Crippen molar-refractivity contribution < 1.29 is 15.0 Å². The maximum Gasteiger partial charge on any atom is 0.223 e. The van der Waals surface area contributed by atoms with Gasteiger partial charge in [-0.3, -0.25) is 4.79 Å². The van der Waals surface area contributed by atoms with Crippen LogP contribution >= 0.6 is 0 Å². The molecule has 1 amide bonds. The zero-order valence-electron chi connectivity index (χ0n) is 11.4. The van der Waals surface area contributed by atoms with Crippen LogP contribution in [0.1, 0.15) is 51.4 Å². The maximum atomic E-state index is 11.9. The number of carbonyl (C=O) groups excluding carboxylic acids is 1. The Hall–Kier alpha value is -0.610. The first-order valence-corrected chi connectivity index (χ1v) is 7.83. The summed E-state index contributed by atoms with van der Waals surface area (Å²) in [5.74, 6) is 1.06. The average Bonchev–Trinajstić information content (AvgIpc) is 3.23. The Kier molecular flexibility index (Phi) is 3.81. The van der Waals surface area contributed by atoms with Crippen LogP contribution in [0.3, 0.4) is 0 Å². The van der Waals surface area contributed by atoms with Crippen molar-refractivity contribution in [3.63, 3.8) is 0 Å². The lowest BCUT2D eigenvalue weighted by Crippen LogP contribution is -2.48. The van der Waals surface area contributed by atoms with Crippen LogP contribution in [0, 0.1) is 17.8 Å². The van der Waals surface area contributed by atoms with Gasteiger partial charge in [0, 0.05) is 5.92 Å². The number of rotatable bonds is 3. The van der Waals surface area contributed by atoms with E-state index in [1.54, 1.807) is 0 Å². The minimum Gasteiger partial charge on any atom is -0.390 e. The van der Waals surface area contributed by atoms with E-state index < -0.39 is 12.2 Å². The molecule has 0 aliphatic heterocycles. The molecule has 0 unspecified atom stereocenters. The minimum atomic E-state index is -0.783. The second kappa shape index (κ2) is 5.41. The smallest absolute Gasteiger partial charge is 0.223 e. The van der Waals surface area contributed by atoms with Gasteiger partial charge >= 0.3 is 0 Å². The minimum absolute atomic E-state index is 0.0824. The Labute approximate surface area is 114 Å². The van der Waals surface area contributed by atoms with E-state index in [0.717, 1.165) is 12.8 Å². The number of hydrogen-bond acceptors (Lipinski definition) is 3. The zero-order valence-corrected chi connectivity index (χ0v) is 11.4. The van der Waals surface area contributed by atoms with Crippen LogP contribution in [0.15, 0.2) is 0 Å². The van der Waals surface area contributed by atoms with Crippen LogP contribution in [-0.4, -0.2) is 34.4 Å². The van der Waals surface area contributed by atoms with Crippen molar-refractivity contribution in [2.75, 3.05) is 0 Å². The molecule has 4 heteroatoms. The lowest BCUT2D eigenvalue weighted by Gasteiger charge is -2.32. The second-order valence-electron chi connectivity index (χ2n) is 6.66. The SMILES string of the molecule is O=C(N[C@H]1[C@H](O)[C@H](O)C[C@@H]1C1CCCCC1)C1CC1. The summed E-state index contributed by atoms with van der Waals surface area (Å²) in [4.78, 5) is 11.9. The van der Waals surface area contributed by atoms with Gasteiger partial charge in [0.2, 0.25) is 5.91 Å². The first kappa shape index (κ1) is 13.4. The van der Waals surface area contributed by atoms with Gasteiger partial charge in [-0.1, -0.05) is 32.1 Å². The van der Waals surface area contributed by atoms with E-state index in [2.05, 4.69) is 5.32 Å². The highest BCUT2D eigenvalue weighted by Crippen LogP contribution is 2.40. The summed E-state index contributed by atoms with van der Waals surface area (Å²) < 4.78 is 0. The number of aliphatic hydroxyl groups excluding tert-OH is 2. The lowest BCUT2D eigenvalue weighted by molar-refractivity contribution is -0.124. The topological polar surface area (TPSA) is 69.6 Å². The van der Waals surface area contributed by atoms with Crippen LogP contribution in [0.2, 0.25) is 0 Å². The molecule has 0 saturated heterocycles. The molecule has 0 aromatic rings. The zero-order chi connectivity index (χ0) is 13.4. The standard InChI is InChI=1S/C15H25NO3/c17-12-8-11(9-4-2-1-3-5-9)13(14(12)18)16-15(19)10-6-7-10/h9-14,17-18H,1-8H2,(H,16,19)/t11-,12-,13-,14-/m1/s1. The fourth-order valence-corrected chi connectivity index (χ4v) is 3.93. The molecule has 3 saturated carbocycles. The van der Waals surface area contributed by atoms with E-state index in [9.17, 15) is 15.0 Å². The summed E-state index contributed by atoms with van der Waals surface area (Å²) in [6.07, 6.45) is 7.30. The molecule has 4 atom stereocenters. The van der Waals surface area contributed by atoms with Crippen molar-refractivity contribution in [1.82, 2.24) is 5.32 Å². The number of aliphatic hydroxyl groups is 2. The van der Waals surface area contributed by atoms with E-state index in [1.165, 1.54) is 32.1 Å². The van der Waals surface area contributed by atoms with Gasteiger partial charge in [-0.2, -0.15) is 0 Å². The van der Waals surface area contributed by atoms with Crippen LogP contribution in [0.25, 0.3) is 0 Å². The van der Waals surface area contributed by atoms with Gasteiger partial charge in [-0.15, -0.1) is 0 Å². The van der Waals surface area contributed by atoms with Crippen LogP contribution in [-0.2, 0) is 4.79 Å². The monoisotopic (exact) mass is 267 g/mol. The second-order valence-corrected chi connectivity index (χ2v) is 6.66. The van der Waals surface area contributed by atoms with Crippen LogP contribution in [0.4, 0.5) is 0 Å². The Morgan fingerprint density at radius 1 is 1.00 bits per heavy atom. The first-order valence-electron chi connectivity index (χ1n) is 7.83. The fourth-order valence-electron chi connectivity index (χ4n) is 3.93. The molecule has 3 N–H and O–H groups in total. The van der Waals surface area contributed by atoms with E-state index in [-0.39, 0.29) is 23.8 Å². The van der Waals surface area contributed by atoms with Gasteiger partial charge in [0.15, 0.2) is 0 Å². The van der Waals surface area contributed by atoms with Crippen LogP contribution < -0.4 is 5.32 Å². The molecule has 0 bridgehead atoms. The number of hydrogen-bond donors (Lipinski definition) is 3. The Bertz CT molecular complexity index is 336. The van der Waals surface area contributed by atoms with E-state index in [1.807, 2.05) is 0 Å². The van der Waals surface area contributed by atoms with Gasteiger partial charge in [0.05, 0.1) is 12.1 Å². The summed E-state index contributed by atoms with van der Waals surface area (Å²) in [6, 6.07) is -0.230. The molecule has 19 heavy (non-hydrogen) atoms. The Morgan fingerprint density at radius 3 is 2.32 bits per heavy atom. The van der Waals surface area contributed by atoms with E-state index in [4.69, 9.17) is 0 Å². The predicted molar refractivity (Wildman–Crippen MR) is 71.4 cm³/mol. The molecular formula is C15H25NO3. The van der Waals surface area contributed by atoms with Gasteiger partial charge in [-0.25, -0.2) is 0 Å². The number of amides is 1. The van der Waals surface area contributed by atoms with Crippen molar-refractivity contribution >= 4 is 5.91 Å². The highest BCUT2D eigenvalue weighted by atomic mass is 16.3. The van der Waals surface area contributed by atoms with Crippen molar-refractivity contribution in [3.05, 3.63) is 0 Å². The highest BCUT2D eigenvalue weighted by Gasteiger charge is 2.46. The largest absolute Gasteiger partial charge is 0.390 e. The normalized spacial score (nSPS) is 40.3. The molecule has 3 aliphatic carbocycles. The quantitative estimate of drug-likeness (QED) is 0.719. The summed E-state index contributed by atoms with van der Waals surface area (Å²) in [6.45, 7) is 0. The molecule has 0 aromatic carbocycles. The molecule has 108 valence electrons.